The number of carbonyl (C=O) groups excluding carboxylic acids is 1. The number of phenols is 1. The van der Waals surface area contributed by atoms with Crippen molar-refractivity contribution in [1.29, 1.82) is 0 Å². The van der Waals surface area contributed by atoms with Crippen molar-refractivity contribution in [1.82, 2.24) is 5.32 Å². The zero-order valence-corrected chi connectivity index (χ0v) is 9.78. The highest BCUT2D eigenvalue weighted by Gasteiger charge is 2.15. The first-order chi connectivity index (χ1) is 8.25. The van der Waals surface area contributed by atoms with Crippen molar-refractivity contribution in [3.63, 3.8) is 0 Å². The number of anilines is 1. The highest BCUT2D eigenvalue weighted by molar-refractivity contribution is 5.93. The van der Waals surface area contributed by atoms with Crippen LogP contribution in [-0.4, -0.2) is 23.6 Å². The molecule has 0 spiro atoms. The molecule has 0 aromatic heterocycles. The molecule has 0 saturated heterocycles. The second-order valence-corrected chi connectivity index (χ2v) is 4.43. The minimum atomic E-state index is -0.113. The lowest BCUT2D eigenvalue weighted by atomic mass is 10.2. The van der Waals surface area contributed by atoms with Gasteiger partial charge in [0, 0.05) is 6.04 Å². The van der Waals surface area contributed by atoms with Gasteiger partial charge in [-0.05, 0) is 25.0 Å². The van der Waals surface area contributed by atoms with Gasteiger partial charge in [-0.25, -0.2) is 0 Å². The van der Waals surface area contributed by atoms with E-state index < -0.39 is 0 Å². The average Bonchev–Trinajstić information content (AvgIpc) is 2.82. The molecular weight excluding hydrogens is 216 g/mol. The fraction of sp³-hybridized carbons (Fsp3) is 0.462. The Morgan fingerprint density at radius 1 is 1.29 bits per heavy atom. The summed E-state index contributed by atoms with van der Waals surface area (Å²) in [5.41, 5.74) is 0.464. The van der Waals surface area contributed by atoms with E-state index in [0.717, 1.165) is 12.8 Å². The van der Waals surface area contributed by atoms with Crippen LogP contribution >= 0.6 is 0 Å². The summed E-state index contributed by atoms with van der Waals surface area (Å²) in [5.74, 6) is -0.0138. The third kappa shape index (κ3) is 3.46. The lowest BCUT2D eigenvalue weighted by molar-refractivity contribution is -0.115. The summed E-state index contributed by atoms with van der Waals surface area (Å²) >= 11 is 0. The molecule has 1 aliphatic rings. The SMILES string of the molecule is O=C(CNC1CCCC1)Nc1ccccc1O. The van der Waals surface area contributed by atoms with Gasteiger partial charge in [0.05, 0.1) is 12.2 Å². The van der Waals surface area contributed by atoms with Gasteiger partial charge in [-0.2, -0.15) is 0 Å². The van der Waals surface area contributed by atoms with Crippen molar-refractivity contribution in [2.24, 2.45) is 0 Å². The highest BCUT2D eigenvalue weighted by atomic mass is 16.3. The number of rotatable bonds is 4. The van der Waals surface area contributed by atoms with Crippen LogP contribution in [-0.2, 0) is 4.79 Å². The average molecular weight is 234 g/mol. The molecule has 0 heterocycles. The molecular formula is C13H18N2O2. The number of amides is 1. The molecule has 4 heteroatoms. The molecule has 0 aliphatic heterocycles. The zero-order valence-electron chi connectivity index (χ0n) is 9.78. The van der Waals surface area contributed by atoms with E-state index >= 15 is 0 Å². The normalized spacial score (nSPS) is 16.0. The van der Waals surface area contributed by atoms with Crippen LogP contribution in [0.3, 0.4) is 0 Å². The van der Waals surface area contributed by atoms with E-state index in [9.17, 15) is 9.90 Å². The summed E-state index contributed by atoms with van der Waals surface area (Å²) in [4.78, 5) is 11.6. The van der Waals surface area contributed by atoms with Crippen molar-refractivity contribution < 1.29 is 9.90 Å². The summed E-state index contributed by atoms with van der Waals surface area (Å²) in [5, 5.41) is 15.4. The van der Waals surface area contributed by atoms with Gasteiger partial charge in [0.25, 0.3) is 0 Å². The topological polar surface area (TPSA) is 61.4 Å². The monoisotopic (exact) mass is 234 g/mol. The largest absolute Gasteiger partial charge is 0.506 e. The fourth-order valence-corrected chi connectivity index (χ4v) is 2.14. The van der Waals surface area contributed by atoms with Gasteiger partial charge in [-0.1, -0.05) is 25.0 Å². The van der Waals surface area contributed by atoms with Gasteiger partial charge < -0.3 is 15.7 Å². The van der Waals surface area contributed by atoms with Gasteiger partial charge in [-0.15, -0.1) is 0 Å². The Morgan fingerprint density at radius 3 is 2.71 bits per heavy atom. The minimum Gasteiger partial charge on any atom is -0.506 e. The van der Waals surface area contributed by atoms with Gasteiger partial charge in [0.1, 0.15) is 5.75 Å². The number of aromatic hydroxyl groups is 1. The fourth-order valence-electron chi connectivity index (χ4n) is 2.14. The van der Waals surface area contributed by atoms with Crippen LogP contribution in [0, 0.1) is 0 Å². The van der Waals surface area contributed by atoms with Crippen molar-refractivity contribution in [3.8, 4) is 5.75 Å². The molecule has 1 aliphatic carbocycles. The standard InChI is InChI=1S/C13H18N2O2/c16-12-8-4-3-7-11(12)15-13(17)9-14-10-5-1-2-6-10/h3-4,7-8,10,14,16H,1-2,5-6,9H2,(H,15,17). The first-order valence-corrected chi connectivity index (χ1v) is 6.07. The summed E-state index contributed by atoms with van der Waals surface area (Å²) in [6, 6.07) is 7.22. The number of para-hydroxylation sites is 2. The molecule has 0 bridgehead atoms. The Hall–Kier alpha value is -1.55. The molecule has 3 N–H and O–H groups in total. The second-order valence-electron chi connectivity index (χ2n) is 4.43. The van der Waals surface area contributed by atoms with E-state index in [1.807, 2.05) is 0 Å². The maximum absolute atomic E-state index is 11.6. The summed E-state index contributed by atoms with van der Waals surface area (Å²) in [6.45, 7) is 0.305. The second kappa shape index (κ2) is 5.68. The third-order valence-electron chi connectivity index (χ3n) is 3.08. The molecule has 0 unspecified atom stereocenters. The first-order valence-electron chi connectivity index (χ1n) is 6.07. The Balaban J connectivity index is 1.79. The molecule has 1 saturated carbocycles. The lowest BCUT2D eigenvalue weighted by Gasteiger charge is -2.12. The Bertz CT molecular complexity index is 387. The molecule has 0 atom stereocenters. The van der Waals surface area contributed by atoms with Gasteiger partial charge >= 0.3 is 0 Å². The van der Waals surface area contributed by atoms with E-state index in [1.54, 1.807) is 24.3 Å². The predicted octanol–water partition coefficient (Wildman–Crippen LogP) is 1.86. The Kier molecular flexibility index (Phi) is 3.98. The van der Waals surface area contributed by atoms with Crippen LogP contribution in [0.2, 0.25) is 0 Å². The first kappa shape index (κ1) is 11.9. The number of hydrogen-bond acceptors (Lipinski definition) is 3. The molecule has 17 heavy (non-hydrogen) atoms. The summed E-state index contributed by atoms with van der Waals surface area (Å²) in [7, 11) is 0. The predicted molar refractivity (Wildman–Crippen MR) is 67.0 cm³/mol. The van der Waals surface area contributed by atoms with Crippen molar-refractivity contribution in [2.45, 2.75) is 31.7 Å². The van der Waals surface area contributed by atoms with E-state index in [4.69, 9.17) is 0 Å². The van der Waals surface area contributed by atoms with Crippen LogP contribution in [0.25, 0.3) is 0 Å². The number of phenolic OH excluding ortho intramolecular Hbond substituents is 1. The number of hydrogen-bond donors (Lipinski definition) is 3. The van der Waals surface area contributed by atoms with Crippen LogP contribution < -0.4 is 10.6 Å². The van der Waals surface area contributed by atoms with Crippen LogP contribution in [0.5, 0.6) is 5.75 Å². The molecule has 1 amide bonds. The molecule has 92 valence electrons. The van der Waals surface area contributed by atoms with Crippen LogP contribution in [0.1, 0.15) is 25.7 Å². The Labute approximate surface area is 101 Å². The minimum absolute atomic E-state index is 0.0988. The zero-order chi connectivity index (χ0) is 12.1. The van der Waals surface area contributed by atoms with E-state index in [1.165, 1.54) is 12.8 Å². The van der Waals surface area contributed by atoms with Crippen molar-refractivity contribution in [2.75, 3.05) is 11.9 Å². The molecule has 0 radical (unpaired) electrons. The van der Waals surface area contributed by atoms with Crippen LogP contribution in [0.4, 0.5) is 5.69 Å². The molecule has 2 rings (SSSR count). The summed E-state index contributed by atoms with van der Waals surface area (Å²) < 4.78 is 0. The van der Waals surface area contributed by atoms with Gasteiger partial charge in [0.15, 0.2) is 0 Å². The maximum Gasteiger partial charge on any atom is 0.238 e. The maximum atomic E-state index is 11.6. The summed E-state index contributed by atoms with van der Waals surface area (Å²) in [6.07, 6.45) is 4.81. The number of nitrogens with one attached hydrogen (secondary N) is 2. The quantitative estimate of drug-likeness (QED) is 0.697. The Morgan fingerprint density at radius 2 is 2.00 bits per heavy atom. The van der Waals surface area contributed by atoms with E-state index in [2.05, 4.69) is 10.6 Å². The number of benzene rings is 1. The third-order valence-corrected chi connectivity index (χ3v) is 3.08. The van der Waals surface area contributed by atoms with E-state index in [0.29, 0.717) is 18.3 Å². The van der Waals surface area contributed by atoms with Gasteiger partial charge in [-0.3, -0.25) is 4.79 Å². The van der Waals surface area contributed by atoms with E-state index in [-0.39, 0.29) is 11.7 Å². The van der Waals surface area contributed by atoms with Crippen molar-refractivity contribution in [3.05, 3.63) is 24.3 Å². The van der Waals surface area contributed by atoms with Gasteiger partial charge in [0.2, 0.25) is 5.91 Å². The highest BCUT2D eigenvalue weighted by Crippen LogP contribution is 2.21. The smallest absolute Gasteiger partial charge is 0.238 e. The molecule has 1 aromatic carbocycles. The molecule has 1 aromatic rings. The van der Waals surface area contributed by atoms with Crippen LogP contribution in [0.15, 0.2) is 24.3 Å². The lowest BCUT2D eigenvalue weighted by Crippen LogP contribution is -2.34. The van der Waals surface area contributed by atoms with Crippen molar-refractivity contribution >= 4 is 11.6 Å². The number of carbonyl (C=O) groups is 1. The molecule has 1 fully saturated rings. The molecule has 4 nitrogen and oxygen atoms in total.